The maximum atomic E-state index is 14.0. The lowest BCUT2D eigenvalue weighted by Crippen LogP contribution is -2.65. The van der Waals surface area contributed by atoms with Crippen LogP contribution in [0.5, 0.6) is 0 Å². The summed E-state index contributed by atoms with van der Waals surface area (Å²) in [7, 11) is 0. The SMILES string of the molecule is Cc1ccc(CC(N)C(=O)N2CC(CCCCNCCN)N(C(=O)[C@H](N)Cc3ccc(C)cc3Cl)C[C@H]2CC(C)C)c(Cl)c1. The van der Waals surface area contributed by atoms with Crippen LogP contribution in [0.2, 0.25) is 10.0 Å². The number of unbranched alkanes of at least 4 members (excludes halogenated alkanes) is 1. The quantitative estimate of drug-likeness (QED) is 0.214. The Labute approximate surface area is 274 Å². The van der Waals surface area contributed by atoms with Gasteiger partial charge in [0.05, 0.1) is 12.1 Å². The van der Waals surface area contributed by atoms with Gasteiger partial charge < -0.3 is 32.3 Å². The fourth-order valence-electron chi connectivity index (χ4n) is 6.05. The molecule has 3 rings (SSSR count). The highest BCUT2D eigenvalue weighted by Gasteiger charge is 2.41. The van der Waals surface area contributed by atoms with Gasteiger partial charge in [0.25, 0.3) is 0 Å². The number of carbonyl (C=O) groups excluding carboxylic acids is 2. The molecule has 8 nitrogen and oxygen atoms in total. The monoisotopic (exact) mass is 646 g/mol. The second-order valence-electron chi connectivity index (χ2n) is 12.8. The predicted molar refractivity (Wildman–Crippen MR) is 182 cm³/mol. The molecule has 1 aliphatic heterocycles. The summed E-state index contributed by atoms with van der Waals surface area (Å²) in [6.45, 7) is 11.3. The summed E-state index contributed by atoms with van der Waals surface area (Å²) >= 11 is 13.0. The molecule has 0 saturated carbocycles. The lowest BCUT2D eigenvalue weighted by molar-refractivity contribution is -0.149. The summed E-state index contributed by atoms with van der Waals surface area (Å²) in [6.07, 6.45) is 4.05. The standard InChI is InChI=1S/C34H52Cl2N6O2/c1-22(2)15-28-21-41(33(43)31(38)18-25-10-8-23(3)16-29(25)35)27(7-5-6-13-40-14-12-37)20-42(28)34(44)32(39)19-26-11-9-24(4)17-30(26)36/h8-11,16-17,22,27-28,31-32,40H,5-7,12-15,18-21,37-39H2,1-4H3/t27?,28-,31-,32?/m1/s1. The Hall–Kier alpha value is -2.20. The van der Waals surface area contributed by atoms with E-state index in [1.807, 2.05) is 60.0 Å². The van der Waals surface area contributed by atoms with Gasteiger partial charge >= 0.3 is 0 Å². The minimum Gasteiger partial charge on any atom is -0.335 e. The number of hydrogen-bond donors (Lipinski definition) is 4. The molecule has 2 amide bonds. The fraction of sp³-hybridized carbons (Fsp3) is 0.588. The van der Waals surface area contributed by atoms with E-state index in [0.717, 1.165) is 61.0 Å². The molecule has 0 aromatic heterocycles. The smallest absolute Gasteiger partial charge is 0.240 e. The van der Waals surface area contributed by atoms with Gasteiger partial charge in [0.15, 0.2) is 0 Å². The molecule has 10 heteroatoms. The zero-order valence-electron chi connectivity index (χ0n) is 26.8. The van der Waals surface area contributed by atoms with E-state index in [-0.39, 0.29) is 23.9 Å². The minimum atomic E-state index is -0.739. The van der Waals surface area contributed by atoms with Gasteiger partial charge in [0.2, 0.25) is 11.8 Å². The number of piperazine rings is 1. The number of rotatable bonds is 15. The van der Waals surface area contributed by atoms with Crippen molar-refractivity contribution in [3.8, 4) is 0 Å². The molecule has 1 heterocycles. The number of amides is 2. The van der Waals surface area contributed by atoms with Gasteiger partial charge in [-0.05, 0) is 92.8 Å². The van der Waals surface area contributed by atoms with Gasteiger partial charge in [-0.2, -0.15) is 0 Å². The summed E-state index contributed by atoms with van der Waals surface area (Å²) in [5.74, 6) is 0.106. The predicted octanol–water partition coefficient (Wildman–Crippen LogP) is 4.22. The summed E-state index contributed by atoms with van der Waals surface area (Å²) in [4.78, 5) is 31.8. The first kappa shape index (κ1) is 36.3. The fourth-order valence-corrected chi connectivity index (χ4v) is 6.67. The molecule has 2 aromatic rings. The zero-order chi connectivity index (χ0) is 32.4. The van der Waals surface area contributed by atoms with Crippen LogP contribution in [-0.2, 0) is 22.4 Å². The third kappa shape index (κ3) is 10.4. The number of hydrogen-bond acceptors (Lipinski definition) is 6. The van der Waals surface area contributed by atoms with E-state index in [9.17, 15) is 9.59 Å². The van der Waals surface area contributed by atoms with Crippen molar-refractivity contribution in [1.82, 2.24) is 15.1 Å². The van der Waals surface area contributed by atoms with E-state index >= 15 is 0 Å². The summed E-state index contributed by atoms with van der Waals surface area (Å²) in [5.41, 5.74) is 22.6. The zero-order valence-corrected chi connectivity index (χ0v) is 28.3. The molecule has 0 aliphatic carbocycles. The lowest BCUT2D eigenvalue weighted by Gasteiger charge is -2.48. The molecule has 1 aliphatic rings. The van der Waals surface area contributed by atoms with E-state index < -0.39 is 12.1 Å². The van der Waals surface area contributed by atoms with Crippen LogP contribution in [0.1, 0.15) is 61.8 Å². The van der Waals surface area contributed by atoms with Gasteiger partial charge in [-0.25, -0.2) is 0 Å². The molecule has 2 unspecified atom stereocenters. The lowest BCUT2D eigenvalue weighted by atomic mass is 9.93. The molecular formula is C34H52Cl2N6O2. The van der Waals surface area contributed by atoms with Crippen molar-refractivity contribution < 1.29 is 9.59 Å². The number of benzene rings is 2. The number of nitrogens with zero attached hydrogens (tertiary/aromatic N) is 2. The highest BCUT2D eigenvalue weighted by molar-refractivity contribution is 6.31. The first-order valence-corrected chi connectivity index (χ1v) is 16.7. The van der Waals surface area contributed by atoms with Gasteiger partial charge in [-0.3, -0.25) is 9.59 Å². The van der Waals surface area contributed by atoms with E-state index in [2.05, 4.69) is 19.2 Å². The Morgan fingerprint density at radius 2 is 1.34 bits per heavy atom. The first-order chi connectivity index (χ1) is 20.9. The molecule has 7 N–H and O–H groups in total. The molecule has 0 spiro atoms. The van der Waals surface area contributed by atoms with Crippen LogP contribution in [0.15, 0.2) is 36.4 Å². The number of nitrogens with two attached hydrogens (primary N) is 3. The van der Waals surface area contributed by atoms with Crippen molar-refractivity contribution in [2.75, 3.05) is 32.7 Å². The average Bonchev–Trinajstić information content (AvgIpc) is 2.97. The number of halogens is 2. The van der Waals surface area contributed by atoms with Gasteiger partial charge in [-0.15, -0.1) is 0 Å². The third-order valence-corrected chi connectivity index (χ3v) is 9.10. The van der Waals surface area contributed by atoms with Crippen LogP contribution in [-0.4, -0.2) is 78.5 Å². The second-order valence-corrected chi connectivity index (χ2v) is 13.6. The number of aryl methyl sites for hydroxylation is 2. The van der Waals surface area contributed by atoms with Gasteiger partial charge in [0.1, 0.15) is 0 Å². The summed E-state index contributed by atoms with van der Waals surface area (Å²) in [5, 5.41) is 4.57. The van der Waals surface area contributed by atoms with Crippen LogP contribution in [0.4, 0.5) is 0 Å². The van der Waals surface area contributed by atoms with Crippen molar-refractivity contribution in [3.63, 3.8) is 0 Å². The van der Waals surface area contributed by atoms with E-state index in [1.54, 1.807) is 0 Å². The second kappa shape index (κ2) is 17.5. The Morgan fingerprint density at radius 3 is 1.82 bits per heavy atom. The molecule has 4 atom stereocenters. The van der Waals surface area contributed by atoms with E-state index in [0.29, 0.717) is 48.4 Å². The van der Waals surface area contributed by atoms with Crippen molar-refractivity contribution in [2.24, 2.45) is 23.1 Å². The molecule has 0 radical (unpaired) electrons. The Kier molecular flexibility index (Phi) is 14.4. The van der Waals surface area contributed by atoms with Crippen molar-refractivity contribution in [3.05, 3.63) is 68.7 Å². The van der Waals surface area contributed by atoms with Gasteiger partial charge in [0, 0.05) is 48.3 Å². The van der Waals surface area contributed by atoms with Crippen LogP contribution >= 0.6 is 23.2 Å². The first-order valence-electron chi connectivity index (χ1n) is 15.9. The Bertz CT molecular complexity index is 1240. The number of carbonyl (C=O) groups is 2. The maximum absolute atomic E-state index is 14.0. The van der Waals surface area contributed by atoms with Crippen molar-refractivity contribution in [2.45, 2.75) is 90.4 Å². The minimum absolute atomic E-state index is 0.107. The van der Waals surface area contributed by atoms with Gasteiger partial charge in [-0.1, -0.05) is 67.7 Å². The molecule has 244 valence electrons. The molecule has 2 aromatic carbocycles. The Balaban J connectivity index is 1.82. The maximum Gasteiger partial charge on any atom is 0.240 e. The molecule has 44 heavy (non-hydrogen) atoms. The highest BCUT2D eigenvalue weighted by Crippen LogP contribution is 2.27. The molecule has 1 fully saturated rings. The third-order valence-electron chi connectivity index (χ3n) is 8.40. The normalized spacial score (nSPS) is 18.5. The summed E-state index contributed by atoms with van der Waals surface area (Å²) in [6, 6.07) is 9.83. The van der Waals surface area contributed by atoms with E-state index in [4.69, 9.17) is 40.4 Å². The Morgan fingerprint density at radius 1 is 0.841 bits per heavy atom. The molecular weight excluding hydrogens is 595 g/mol. The van der Waals surface area contributed by atoms with Crippen molar-refractivity contribution >= 4 is 35.0 Å². The summed E-state index contributed by atoms with van der Waals surface area (Å²) < 4.78 is 0. The van der Waals surface area contributed by atoms with Crippen LogP contribution in [0.3, 0.4) is 0 Å². The van der Waals surface area contributed by atoms with Crippen LogP contribution < -0.4 is 22.5 Å². The van der Waals surface area contributed by atoms with Crippen molar-refractivity contribution in [1.29, 1.82) is 0 Å². The topological polar surface area (TPSA) is 131 Å². The van der Waals surface area contributed by atoms with E-state index in [1.165, 1.54) is 0 Å². The molecule has 1 saturated heterocycles. The number of nitrogens with one attached hydrogen (secondary N) is 1. The van der Waals surface area contributed by atoms with Crippen LogP contribution in [0.25, 0.3) is 0 Å². The average molecular weight is 648 g/mol. The highest BCUT2D eigenvalue weighted by atomic mass is 35.5. The largest absolute Gasteiger partial charge is 0.335 e. The van der Waals surface area contributed by atoms with Crippen LogP contribution in [0, 0.1) is 19.8 Å². The molecule has 0 bridgehead atoms.